The molecule has 0 atom stereocenters. The number of hydrogen-bond acceptors (Lipinski definition) is 4. The summed E-state index contributed by atoms with van der Waals surface area (Å²) >= 11 is 0. The Bertz CT molecular complexity index is 865. The number of nitrogens with zero attached hydrogens (tertiary/aromatic N) is 3. The lowest BCUT2D eigenvalue weighted by atomic mass is 10.0. The summed E-state index contributed by atoms with van der Waals surface area (Å²) in [6.45, 7) is 9.05. The molecule has 0 saturated carbocycles. The number of hydrogen-bond donors (Lipinski definition) is 2. The number of aliphatic hydroxyl groups is 1. The van der Waals surface area contributed by atoms with E-state index in [1.54, 1.807) is 0 Å². The monoisotopic (exact) mass is 324 g/mol. The second-order valence-electron chi connectivity index (χ2n) is 6.24. The molecular weight excluding hydrogens is 300 g/mol. The van der Waals surface area contributed by atoms with Crippen LogP contribution >= 0.6 is 0 Å². The molecule has 0 aliphatic carbocycles. The second-order valence-corrected chi connectivity index (χ2v) is 6.24. The molecule has 2 heterocycles. The Hall–Kier alpha value is -2.40. The maximum Gasteiger partial charge on any atom is 0.165 e. The zero-order valence-corrected chi connectivity index (χ0v) is 14.7. The first-order valence-corrected chi connectivity index (χ1v) is 8.31. The Morgan fingerprint density at radius 1 is 1.04 bits per heavy atom. The van der Waals surface area contributed by atoms with Gasteiger partial charge in [0.2, 0.25) is 0 Å². The lowest BCUT2D eigenvalue weighted by molar-refractivity contribution is 0.292. The Morgan fingerprint density at radius 3 is 2.42 bits per heavy atom. The summed E-state index contributed by atoms with van der Waals surface area (Å²) in [5.74, 6) is 0.951. The normalized spacial score (nSPS) is 11.2. The number of anilines is 1. The van der Waals surface area contributed by atoms with E-state index < -0.39 is 0 Å². The van der Waals surface area contributed by atoms with E-state index in [-0.39, 0.29) is 6.61 Å². The molecule has 2 N–H and O–H groups in total. The number of nitrogens with one attached hydrogen (secondary N) is 1. The molecule has 3 rings (SSSR count). The van der Waals surface area contributed by atoms with Gasteiger partial charge in [-0.2, -0.15) is 9.61 Å². The minimum Gasteiger partial charge on any atom is -0.396 e. The molecule has 3 aromatic rings. The van der Waals surface area contributed by atoms with Crippen molar-refractivity contribution in [2.45, 2.75) is 34.1 Å². The number of aryl methyl sites for hydroxylation is 3. The first kappa shape index (κ1) is 16.5. The highest BCUT2D eigenvalue weighted by atomic mass is 16.3. The maximum absolute atomic E-state index is 9.03. The van der Waals surface area contributed by atoms with Gasteiger partial charge in [0.05, 0.1) is 5.69 Å². The van der Waals surface area contributed by atoms with Gasteiger partial charge in [0, 0.05) is 30.0 Å². The van der Waals surface area contributed by atoms with Gasteiger partial charge in [-0.15, -0.1) is 0 Å². The van der Waals surface area contributed by atoms with Gasteiger partial charge in [0.1, 0.15) is 5.82 Å². The van der Waals surface area contributed by atoms with E-state index in [4.69, 9.17) is 15.2 Å². The summed E-state index contributed by atoms with van der Waals surface area (Å²) in [6.07, 6.45) is 0.702. The molecule has 0 fully saturated rings. The van der Waals surface area contributed by atoms with Crippen LogP contribution < -0.4 is 5.32 Å². The highest BCUT2D eigenvalue weighted by Gasteiger charge is 2.18. The zero-order valence-electron chi connectivity index (χ0n) is 14.7. The van der Waals surface area contributed by atoms with E-state index in [1.807, 2.05) is 25.3 Å². The van der Waals surface area contributed by atoms with Gasteiger partial charge in [0.25, 0.3) is 0 Å². The molecule has 126 valence electrons. The van der Waals surface area contributed by atoms with Crippen LogP contribution in [0.1, 0.15) is 28.9 Å². The van der Waals surface area contributed by atoms with Crippen LogP contribution in [0.5, 0.6) is 0 Å². The van der Waals surface area contributed by atoms with E-state index in [1.165, 1.54) is 5.56 Å². The van der Waals surface area contributed by atoms with Gasteiger partial charge >= 0.3 is 0 Å². The Morgan fingerprint density at radius 2 is 1.75 bits per heavy atom. The number of aliphatic hydroxyl groups excluding tert-OH is 1. The molecule has 0 bridgehead atoms. The fourth-order valence-electron chi connectivity index (χ4n) is 2.90. The van der Waals surface area contributed by atoms with Crippen molar-refractivity contribution in [2.24, 2.45) is 0 Å². The zero-order chi connectivity index (χ0) is 17.3. The van der Waals surface area contributed by atoms with Crippen molar-refractivity contribution in [3.63, 3.8) is 0 Å². The van der Waals surface area contributed by atoms with Crippen LogP contribution in [0.15, 0.2) is 24.3 Å². The molecule has 0 amide bonds. The van der Waals surface area contributed by atoms with Crippen LogP contribution in [0.2, 0.25) is 0 Å². The molecule has 24 heavy (non-hydrogen) atoms. The average Bonchev–Trinajstić information content (AvgIpc) is 2.88. The van der Waals surface area contributed by atoms with E-state index >= 15 is 0 Å². The van der Waals surface area contributed by atoms with Gasteiger partial charge in [-0.25, -0.2) is 4.98 Å². The summed E-state index contributed by atoms with van der Waals surface area (Å²) in [5.41, 5.74) is 7.33. The minimum absolute atomic E-state index is 0.173. The molecular formula is C19H24N4O. The van der Waals surface area contributed by atoms with Gasteiger partial charge in [0.15, 0.2) is 5.65 Å². The van der Waals surface area contributed by atoms with E-state index in [0.717, 1.165) is 39.5 Å². The van der Waals surface area contributed by atoms with Crippen molar-refractivity contribution in [1.29, 1.82) is 0 Å². The smallest absolute Gasteiger partial charge is 0.165 e. The summed E-state index contributed by atoms with van der Waals surface area (Å²) < 4.78 is 1.89. The van der Waals surface area contributed by atoms with Gasteiger partial charge in [-0.05, 0) is 39.7 Å². The van der Waals surface area contributed by atoms with E-state index in [0.29, 0.717) is 13.0 Å². The third-order valence-electron chi connectivity index (χ3n) is 4.39. The van der Waals surface area contributed by atoms with Crippen molar-refractivity contribution >= 4 is 11.5 Å². The highest BCUT2D eigenvalue weighted by Crippen LogP contribution is 2.30. The van der Waals surface area contributed by atoms with E-state index in [2.05, 4.69) is 36.5 Å². The molecule has 0 unspecified atom stereocenters. The van der Waals surface area contributed by atoms with Crippen molar-refractivity contribution < 1.29 is 5.11 Å². The molecule has 1 aromatic carbocycles. The first-order chi connectivity index (χ1) is 11.5. The molecule has 0 saturated heterocycles. The number of benzene rings is 1. The SMILES string of the molecule is Cc1ccc(-c2c(C)nn3c(NCCCO)c(C)c(C)nc23)cc1. The fraction of sp³-hybridized carbons (Fsp3) is 0.368. The topological polar surface area (TPSA) is 62.5 Å². The standard InChI is InChI=1S/C19H24N4O/c1-12-6-8-16(9-7-12)17-15(4)22-23-18(20-10-5-11-24)13(2)14(3)21-19(17)23/h6-9,20,24H,5,10-11H2,1-4H3. The molecule has 5 nitrogen and oxygen atoms in total. The number of rotatable bonds is 5. The molecule has 0 aliphatic rings. The van der Waals surface area contributed by atoms with Crippen LogP contribution in [0.4, 0.5) is 5.82 Å². The summed E-state index contributed by atoms with van der Waals surface area (Å²) in [4.78, 5) is 4.79. The summed E-state index contributed by atoms with van der Waals surface area (Å²) in [5, 5.41) is 17.1. The molecule has 0 radical (unpaired) electrons. The fourth-order valence-corrected chi connectivity index (χ4v) is 2.90. The predicted octanol–water partition coefficient (Wildman–Crippen LogP) is 3.42. The van der Waals surface area contributed by atoms with Crippen LogP contribution in [0.25, 0.3) is 16.8 Å². The van der Waals surface area contributed by atoms with Gasteiger partial charge < -0.3 is 10.4 Å². The van der Waals surface area contributed by atoms with Crippen molar-refractivity contribution in [2.75, 3.05) is 18.5 Å². The Balaban J connectivity index is 2.18. The van der Waals surface area contributed by atoms with Crippen molar-refractivity contribution in [3.8, 4) is 11.1 Å². The third kappa shape index (κ3) is 2.87. The van der Waals surface area contributed by atoms with Crippen LogP contribution in [-0.2, 0) is 0 Å². The first-order valence-electron chi connectivity index (χ1n) is 8.31. The van der Waals surface area contributed by atoms with Crippen LogP contribution in [0.3, 0.4) is 0 Å². The second kappa shape index (κ2) is 6.61. The lowest BCUT2D eigenvalue weighted by Gasteiger charge is -2.13. The Kier molecular flexibility index (Phi) is 4.53. The average molecular weight is 324 g/mol. The van der Waals surface area contributed by atoms with E-state index in [9.17, 15) is 0 Å². The molecule has 0 spiro atoms. The molecule has 2 aromatic heterocycles. The quantitative estimate of drug-likeness (QED) is 0.706. The third-order valence-corrected chi connectivity index (χ3v) is 4.39. The maximum atomic E-state index is 9.03. The summed E-state index contributed by atoms with van der Waals surface area (Å²) in [6, 6.07) is 8.46. The van der Waals surface area contributed by atoms with Crippen molar-refractivity contribution in [1.82, 2.24) is 14.6 Å². The van der Waals surface area contributed by atoms with Gasteiger partial charge in [-0.1, -0.05) is 29.8 Å². The lowest BCUT2D eigenvalue weighted by Crippen LogP contribution is -2.11. The minimum atomic E-state index is 0.173. The Labute approximate surface area is 142 Å². The largest absolute Gasteiger partial charge is 0.396 e. The van der Waals surface area contributed by atoms with Crippen LogP contribution in [-0.4, -0.2) is 32.9 Å². The summed E-state index contributed by atoms with van der Waals surface area (Å²) in [7, 11) is 0. The highest BCUT2D eigenvalue weighted by molar-refractivity contribution is 5.81. The van der Waals surface area contributed by atoms with Crippen molar-refractivity contribution in [3.05, 3.63) is 46.8 Å². The number of fused-ring (bicyclic) bond motifs is 1. The van der Waals surface area contributed by atoms with Crippen LogP contribution in [0, 0.1) is 27.7 Å². The predicted molar refractivity (Wildman–Crippen MR) is 97.6 cm³/mol. The molecule has 5 heteroatoms. The molecule has 0 aliphatic heterocycles. The van der Waals surface area contributed by atoms with Gasteiger partial charge in [-0.3, -0.25) is 0 Å². The number of aromatic nitrogens is 3.